The van der Waals surface area contributed by atoms with Crippen LogP contribution < -0.4 is 10.1 Å². The Morgan fingerprint density at radius 1 is 1.17 bits per heavy atom. The Bertz CT molecular complexity index is 787. The van der Waals surface area contributed by atoms with Crippen molar-refractivity contribution in [3.63, 3.8) is 0 Å². The predicted octanol–water partition coefficient (Wildman–Crippen LogP) is 5.83. The van der Waals surface area contributed by atoms with Crippen molar-refractivity contribution in [2.45, 2.75) is 18.4 Å². The highest BCUT2D eigenvalue weighted by Crippen LogP contribution is 2.52. The number of anilines is 1. The molecule has 1 heterocycles. The van der Waals surface area contributed by atoms with Gasteiger partial charge in [0.05, 0.1) is 13.2 Å². The zero-order valence-corrected chi connectivity index (χ0v) is 14.2. The number of allylic oxidation sites excluding steroid dienone is 2. The maximum Gasteiger partial charge on any atom is 0.119 e. The van der Waals surface area contributed by atoms with Crippen molar-refractivity contribution >= 4 is 28.9 Å². The molecule has 0 amide bonds. The number of hydrogen-bond acceptors (Lipinski definition) is 2. The highest BCUT2D eigenvalue weighted by atomic mass is 35.5. The van der Waals surface area contributed by atoms with Crippen LogP contribution in [0.2, 0.25) is 10.0 Å². The lowest BCUT2D eigenvalue weighted by molar-refractivity contribution is 0.406. The molecule has 0 bridgehead atoms. The Kier molecular flexibility index (Phi) is 3.74. The van der Waals surface area contributed by atoms with Gasteiger partial charge in [-0.15, -0.1) is 0 Å². The molecule has 0 fully saturated rings. The highest BCUT2D eigenvalue weighted by molar-refractivity contribution is 6.35. The number of rotatable bonds is 2. The van der Waals surface area contributed by atoms with E-state index in [1.165, 1.54) is 5.56 Å². The van der Waals surface area contributed by atoms with Gasteiger partial charge in [0.15, 0.2) is 0 Å². The maximum absolute atomic E-state index is 6.48. The van der Waals surface area contributed by atoms with Crippen molar-refractivity contribution in [3.05, 3.63) is 69.7 Å². The zero-order chi connectivity index (χ0) is 16.0. The summed E-state index contributed by atoms with van der Waals surface area (Å²) >= 11 is 12.7. The topological polar surface area (TPSA) is 21.3 Å². The highest BCUT2D eigenvalue weighted by Gasteiger charge is 2.39. The summed E-state index contributed by atoms with van der Waals surface area (Å²) in [5.74, 6) is 1.65. The summed E-state index contributed by atoms with van der Waals surface area (Å²) in [6, 6.07) is 12.3. The molecule has 118 valence electrons. The van der Waals surface area contributed by atoms with Gasteiger partial charge in [-0.2, -0.15) is 0 Å². The number of nitrogens with one attached hydrogen (secondary N) is 1. The Hall–Kier alpha value is -1.64. The third-order valence-corrected chi connectivity index (χ3v) is 5.36. The van der Waals surface area contributed by atoms with E-state index < -0.39 is 0 Å². The monoisotopic (exact) mass is 345 g/mol. The second-order valence-electron chi connectivity index (χ2n) is 6.10. The molecule has 4 heteroatoms. The Labute approximate surface area is 146 Å². The van der Waals surface area contributed by atoms with E-state index in [1.807, 2.05) is 24.3 Å². The average Bonchev–Trinajstić information content (AvgIpc) is 3.02. The van der Waals surface area contributed by atoms with Crippen molar-refractivity contribution in [2.24, 2.45) is 5.92 Å². The first-order valence-corrected chi connectivity index (χ1v) is 8.49. The molecule has 3 atom stereocenters. The molecule has 0 unspecified atom stereocenters. The van der Waals surface area contributed by atoms with E-state index in [4.69, 9.17) is 27.9 Å². The average molecular weight is 346 g/mol. The zero-order valence-electron chi connectivity index (χ0n) is 12.7. The van der Waals surface area contributed by atoms with Gasteiger partial charge in [0.1, 0.15) is 5.75 Å². The molecular weight excluding hydrogens is 329 g/mol. The molecule has 0 spiro atoms. The van der Waals surface area contributed by atoms with Crippen LogP contribution in [0.3, 0.4) is 0 Å². The van der Waals surface area contributed by atoms with E-state index in [0.717, 1.165) is 28.4 Å². The number of hydrogen-bond donors (Lipinski definition) is 1. The smallest absolute Gasteiger partial charge is 0.119 e. The van der Waals surface area contributed by atoms with Crippen LogP contribution in [0.4, 0.5) is 5.69 Å². The fraction of sp³-hybridized carbons (Fsp3) is 0.263. The number of fused-ring (bicyclic) bond motifs is 3. The fourth-order valence-electron chi connectivity index (χ4n) is 3.81. The van der Waals surface area contributed by atoms with Gasteiger partial charge in [-0.25, -0.2) is 0 Å². The third kappa shape index (κ3) is 2.50. The van der Waals surface area contributed by atoms with Crippen molar-refractivity contribution in [1.29, 1.82) is 0 Å². The fourth-order valence-corrected chi connectivity index (χ4v) is 4.43. The second kappa shape index (κ2) is 5.77. The lowest BCUT2D eigenvalue weighted by Gasteiger charge is -2.38. The van der Waals surface area contributed by atoms with E-state index in [2.05, 4.69) is 29.6 Å². The lowest BCUT2D eigenvalue weighted by Crippen LogP contribution is -2.29. The van der Waals surface area contributed by atoms with E-state index in [-0.39, 0.29) is 6.04 Å². The molecule has 0 saturated carbocycles. The van der Waals surface area contributed by atoms with Gasteiger partial charge in [0.2, 0.25) is 0 Å². The minimum atomic E-state index is 0.215. The molecule has 0 aromatic heterocycles. The van der Waals surface area contributed by atoms with Crippen LogP contribution in [-0.2, 0) is 0 Å². The van der Waals surface area contributed by atoms with Gasteiger partial charge in [-0.1, -0.05) is 47.5 Å². The van der Waals surface area contributed by atoms with Crippen LogP contribution in [0.1, 0.15) is 29.5 Å². The van der Waals surface area contributed by atoms with Crippen LogP contribution >= 0.6 is 23.2 Å². The molecule has 1 N–H and O–H groups in total. The Balaban J connectivity index is 1.81. The molecule has 2 aliphatic rings. The van der Waals surface area contributed by atoms with Crippen LogP contribution in [0.5, 0.6) is 5.75 Å². The summed E-state index contributed by atoms with van der Waals surface area (Å²) in [6.45, 7) is 0. The van der Waals surface area contributed by atoms with Gasteiger partial charge in [-0.05, 0) is 42.2 Å². The largest absolute Gasteiger partial charge is 0.497 e. The summed E-state index contributed by atoms with van der Waals surface area (Å²) < 4.78 is 5.38. The van der Waals surface area contributed by atoms with Crippen LogP contribution in [0.25, 0.3) is 0 Å². The molecule has 0 saturated heterocycles. The third-order valence-electron chi connectivity index (χ3n) is 4.83. The minimum Gasteiger partial charge on any atom is -0.497 e. The van der Waals surface area contributed by atoms with Crippen LogP contribution in [0, 0.1) is 5.92 Å². The van der Waals surface area contributed by atoms with Gasteiger partial charge in [0.25, 0.3) is 0 Å². The van der Waals surface area contributed by atoms with Gasteiger partial charge in [0, 0.05) is 27.2 Å². The van der Waals surface area contributed by atoms with E-state index in [1.54, 1.807) is 7.11 Å². The first-order chi connectivity index (χ1) is 11.2. The standard InChI is InChI=1S/C19H17Cl2NO/c1-23-13-5-2-4-11(8-13)19-15-7-3-6-14(15)18-16(21)9-12(20)10-17(18)22-19/h2-6,8-10,14-15,19,22H,7H2,1H3/t14-,15-,19-/m0/s1. The predicted molar refractivity (Wildman–Crippen MR) is 95.8 cm³/mol. The molecule has 2 aromatic rings. The molecule has 2 nitrogen and oxygen atoms in total. The van der Waals surface area contributed by atoms with E-state index >= 15 is 0 Å². The van der Waals surface area contributed by atoms with Crippen molar-refractivity contribution in [3.8, 4) is 5.75 Å². The second-order valence-corrected chi connectivity index (χ2v) is 6.94. The van der Waals surface area contributed by atoms with Crippen LogP contribution in [0.15, 0.2) is 48.6 Å². The molecule has 4 rings (SSSR count). The molecular formula is C19H17Cl2NO. The van der Waals surface area contributed by atoms with E-state index in [0.29, 0.717) is 16.9 Å². The maximum atomic E-state index is 6.48. The number of ether oxygens (including phenoxy) is 1. The van der Waals surface area contributed by atoms with E-state index in [9.17, 15) is 0 Å². The number of methoxy groups -OCH3 is 1. The first-order valence-electron chi connectivity index (χ1n) is 7.73. The minimum absolute atomic E-state index is 0.215. The number of halogens is 2. The molecule has 1 aliphatic heterocycles. The summed E-state index contributed by atoms with van der Waals surface area (Å²) in [7, 11) is 1.70. The molecule has 23 heavy (non-hydrogen) atoms. The quantitative estimate of drug-likeness (QED) is 0.691. The van der Waals surface area contributed by atoms with Crippen molar-refractivity contribution in [1.82, 2.24) is 0 Å². The molecule has 1 aliphatic carbocycles. The van der Waals surface area contributed by atoms with Crippen molar-refractivity contribution in [2.75, 3.05) is 12.4 Å². The van der Waals surface area contributed by atoms with Gasteiger partial charge in [-0.3, -0.25) is 0 Å². The lowest BCUT2D eigenvalue weighted by atomic mass is 9.77. The SMILES string of the molecule is COc1cccc([C@@H]2Nc3cc(Cl)cc(Cl)c3[C@H]3C=CC[C@@H]32)c1. The summed E-state index contributed by atoms with van der Waals surface area (Å²) in [6.07, 6.45) is 5.57. The van der Waals surface area contributed by atoms with Crippen LogP contribution in [-0.4, -0.2) is 7.11 Å². The number of benzene rings is 2. The van der Waals surface area contributed by atoms with Crippen molar-refractivity contribution < 1.29 is 4.74 Å². The summed E-state index contributed by atoms with van der Waals surface area (Å²) in [5.41, 5.74) is 3.42. The normalized spacial score (nSPS) is 24.7. The molecule has 0 radical (unpaired) electrons. The molecule has 2 aromatic carbocycles. The summed E-state index contributed by atoms with van der Waals surface area (Å²) in [5, 5.41) is 5.05. The van der Waals surface area contributed by atoms with Gasteiger partial charge >= 0.3 is 0 Å². The van der Waals surface area contributed by atoms with Gasteiger partial charge < -0.3 is 10.1 Å². The Morgan fingerprint density at radius 2 is 2.04 bits per heavy atom. The Morgan fingerprint density at radius 3 is 2.87 bits per heavy atom. The first kappa shape index (κ1) is 14.9. The summed E-state index contributed by atoms with van der Waals surface area (Å²) in [4.78, 5) is 0.